The quantitative estimate of drug-likeness (QED) is 0.804. The summed E-state index contributed by atoms with van der Waals surface area (Å²) in [5, 5.41) is 11.5. The van der Waals surface area contributed by atoms with Crippen molar-refractivity contribution in [3.63, 3.8) is 0 Å². The van der Waals surface area contributed by atoms with Gasteiger partial charge < -0.3 is 5.11 Å². The van der Waals surface area contributed by atoms with Gasteiger partial charge in [0.25, 0.3) is 0 Å². The molecule has 1 heterocycles. The number of hydrogen-bond acceptors (Lipinski definition) is 2. The Morgan fingerprint density at radius 2 is 1.75 bits per heavy atom. The van der Waals surface area contributed by atoms with Crippen molar-refractivity contribution in [2.45, 2.75) is 6.10 Å². The molecule has 0 bridgehead atoms. The predicted octanol–water partition coefficient (Wildman–Crippen LogP) is 3.25. The van der Waals surface area contributed by atoms with Crippen LogP contribution < -0.4 is 0 Å². The van der Waals surface area contributed by atoms with Gasteiger partial charge in [-0.3, -0.25) is 0 Å². The fourth-order valence-corrected chi connectivity index (χ4v) is 2.07. The van der Waals surface area contributed by atoms with Gasteiger partial charge in [-0.25, -0.2) is 13.2 Å². The van der Waals surface area contributed by atoms with Crippen LogP contribution in [0.5, 0.6) is 0 Å². The molecule has 0 amide bonds. The van der Waals surface area contributed by atoms with Gasteiger partial charge in [0.2, 0.25) is 0 Å². The molecule has 0 aliphatic rings. The maximum absolute atomic E-state index is 13.3. The zero-order valence-electron chi connectivity index (χ0n) is 7.95. The first-order chi connectivity index (χ1) is 7.59. The van der Waals surface area contributed by atoms with E-state index in [0.717, 1.165) is 0 Å². The van der Waals surface area contributed by atoms with E-state index in [9.17, 15) is 18.3 Å². The first kappa shape index (κ1) is 11.2. The lowest BCUT2D eigenvalue weighted by molar-refractivity contribution is 0.217. The van der Waals surface area contributed by atoms with Gasteiger partial charge in [0, 0.05) is 16.5 Å². The summed E-state index contributed by atoms with van der Waals surface area (Å²) in [6.45, 7) is 0. The Bertz CT molecular complexity index is 496. The highest BCUT2D eigenvalue weighted by Gasteiger charge is 2.18. The van der Waals surface area contributed by atoms with E-state index in [1.807, 2.05) is 0 Å². The maximum atomic E-state index is 13.3. The van der Waals surface area contributed by atoms with Crippen LogP contribution in [0.1, 0.15) is 16.5 Å². The lowest BCUT2D eigenvalue weighted by Crippen LogP contribution is -2.03. The van der Waals surface area contributed by atoms with Crippen LogP contribution in [0, 0.1) is 17.5 Å². The van der Waals surface area contributed by atoms with E-state index < -0.39 is 23.6 Å². The summed E-state index contributed by atoms with van der Waals surface area (Å²) in [5.74, 6) is -3.40. The first-order valence-electron chi connectivity index (χ1n) is 4.45. The zero-order chi connectivity index (χ0) is 11.7. The Morgan fingerprint density at radius 1 is 1.06 bits per heavy atom. The van der Waals surface area contributed by atoms with Crippen molar-refractivity contribution in [3.8, 4) is 0 Å². The number of rotatable bonds is 2. The lowest BCUT2D eigenvalue weighted by atomic mass is 10.1. The van der Waals surface area contributed by atoms with Gasteiger partial charge in [0.15, 0.2) is 11.6 Å². The summed E-state index contributed by atoms with van der Waals surface area (Å²) >= 11 is 1.21. The lowest BCUT2D eigenvalue weighted by Gasteiger charge is -2.10. The minimum absolute atomic E-state index is 0.263. The molecule has 1 aromatic carbocycles. The largest absolute Gasteiger partial charge is 0.383 e. The first-order valence-corrected chi connectivity index (χ1v) is 5.33. The number of aliphatic hydroxyl groups is 1. The summed E-state index contributed by atoms with van der Waals surface area (Å²) < 4.78 is 38.9. The number of thiophene rings is 1. The molecule has 0 fully saturated rings. The fraction of sp³-hybridized carbons (Fsp3) is 0.0909. The van der Waals surface area contributed by atoms with Crippen LogP contribution >= 0.6 is 11.3 Å². The average molecular weight is 244 g/mol. The molecule has 2 aromatic rings. The highest BCUT2D eigenvalue weighted by atomic mass is 32.1. The maximum Gasteiger partial charge on any atom is 0.161 e. The molecular formula is C11H7F3OS. The zero-order valence-corrected chi connectivity index (χ0v) is 8.77. The summed E-state index contributed by atoms with van der Waals surface area (Å²) in [5.41, 5.74) is -0.263. The molecule has 5 heteroatoms. The molecule has 1 N–H and O–H groups in total. The second-order valence-electron chi connectivity index (χ2n) is 3.21. The van der Waals surface area contributed by atoms with Crippen LogP contribution in [0.25, 0.3) is 0 Å². The van der Waals surface area contributed by atoms with Gasteiger partial charge in [-0.15, -0.1) is 11.3 Å². The van der Waals surface area contributed by atoms with E-state index in [1.165, 1.54) is 11.3 Å². The molecular weight excluding hydrogens is 237 g/mol. The van der Waals surface area contributed by atoms with Crippen molar-refractivity contribution in [3.05, 3.63) is 57.5 Å². The van der Waals surface area contributed by atoms with Crippen molar-refractivity contribution in [1.82, 2.24) is 0 Å². The van der Waals surface area contributed by atoms with E-state index >= 15 is 0 Å². The third kappa shape index (κ3) is 1.96. The molecule has 1 atom stereocenters. The molecule has 0 aliphatic carbocycles. The standard InChI is InChI=1S/C11H7F3OS/c12-7-5-9(14)8(13)4-6(7)11(15)10-2-1-3-16-10/h1-5,11,15H. The molecule has 0 saturated heterocycles. The normalized spacial score (nSPS) is 12.8. The minimum Gasteiger partial charge on any atom is -0.383 e. The highest BCUT2D eigenvalue weighted by Crippen LogP contribution is 2.28. The number of benzene rings is 1. The van der Waals surface area contributed by atoms with Gasteiger partial charge in [0.05, 0.1) is 0 Å². The average Bonchev–Trinajstić information content (AvgIpc) is 2.75. The van der Waals surface area contributed by atoms with Crippen molar-refractivity contribution < 1.29 is 18.3 Å². The van der Waals surface area contributed by atoms with Gasteiger partial charge in [-0.05, 0) is 17.5 Å². The van der Waals surface area contributed by atoms with Crippen molar-refractivity contribution in [1.29, 1.82) is 0 Å². The Kier molecular flexibility index (Phi) is 2.98. The van der Waals surface area contributed by atoms with E-state index in [2.05, 4.69) is 0 Å². The Hall–Kier alpha value is -1.33. The van der Waals surface area contributed by atoms with Gasteiger partial charge in [-0.1, -0.05) is 6.07 Å². The molecule has 2 rings (SSSR count). The number of hydrogen-bond donors (Lipinski definition) is 1. The van der Waals surface area contributed by atoms with Crippen LogP contribution in [0.3, 0.4) is 0 Å². The molecule has 0 spiro atoms. The summed E-state index contributed by atoms with van der Waals surface area (Å²) in [6, 6.07) is 4.38. The van der Waals surface area contributed by atoms with E-state index in [1.54, 1.807) is 17.5 Å². The third-order valence-electron chi connectivity index (χ3n) is 2.15. The van der Waals surface area contributed by atoms with E-state index in [0.29, 0.717) is 17.0 Å². The SMILES string of the molecule is OC(c1cccs1)c1cc(F)c(F)cc1F. The molecule has 1 nitrogen and oxygen atoms in total. The summed E-state index contributed by atoms with van der Waals surface area (Å²) in [7, 11) is 0. The van der Waals surface area contributed by atoms with Crippen LogP contribution in [0.15, 0.2) is 29.6 Å². The molecule has 0 saturated carbocycles. The van der Waals surface area contributed by atoms with Crippen LogP contribution in [0.2, 0.25) is 0 Å². The fourth-order valence-electron chi connectivity index (χ4n) is 1.35. The second kappa shape index (κ2) is 4.27. The van der Waals surface area contributed by atoms with Gasteiger partial charge >= 0.3 is 0 Å². The topological polar surface area (TPSA) is 20.2 Å². The Morgan fingerprint density at radius 3 is 2.38 bits per heavy atom. The van der Waals surface area contributed by atoms with Crippen LogP contribution in [0.4, 0.5) is 13.2 Å². The van der Waals surface area contributed by atoms with Gasteiger partial charge in [-0.2, -0.15) is 0 Å². The van der Waals surface area contributed by atoms with Crippen LogP contribution in [-0.2, 0) is 0 Å². The number of aliphatic hydroxyl groups excluding tert-OH is 1. The van der Waals surface area contributed by atoms with Crippen molar-refractivity contribution in [2.24, 2.45) is 0 Å². The molecule has 1 aromatic heterocycles. The summed E-state index contributed by atoms with van der Waals surface area (Å²) in [6.07, 6.45) is -1.27. The highest BCUT2D eigenvalue weighted by molar-refractivity contribution is 7.10. The second-order valence-corrected chi connectivity index (χ2v) is 4.19. The molecule has 0 aliphatic heterocycles. The third-order valence-corrected chi connectivity index (χ3v) is 3.07. The Labute approximate surface area is 93.8 Å². The monoisotopic (exact) mass is 244 g/mol. The molecule has 1 unspecified atom stereocenters. The van der Waals surface area contributed by atoms with Gasteiger partial charge in [0.1, 0.15) is 11.9 Å². The number of halogens is 3. The van der Waals surface area contributed by atoms with Crippen molar-refractivity contribution >= 4 is 11.3 Å². The molecule has 0 radical (unpaired) electrons. The van der Waals surface area contributed by atoms with E-state index in [-0.39, 0.29) is 5.56 Å². The van der Waals surface area contributed by atoms with E-state index in [4.69, 9.17) is 0 Å². The minimum atomic E-state index is -1.27. The van der Waals surface area contributed by atoms with Crippen molar-refractivity contribution in [2.75, 3.05) is 0 Å². The summed E-state index contributed by atoms with van der Waals surface area (Å²) in [4.78, 5) is 0.477. The molecule has 16 heavy (non-hydrogen) atoms. The van der Waals surface area contributed by atoms with Crippen LogP contribution in [-0.4, -0.2) is 5.11 Å². The molecule has 84 valence electrons. The smallest absolute Gasteiger partial charge is 0.161 e. The Balaban J connectivity index is 2.44. The predicted molar refractivity (Wildman–Crippen MR) is 54.7 cm³/mol.